The number of piperazine rings is 1. The van der Waals surface area contributed by atoms with Gasteiger partial charge < -0.3 is 10.6 Å². The molecule has 0 unspecified atom stereocenters. The molecule has 0 radical (unpaired) electrons. The van der Waals surface area contributed by atoms with Gasteiger partial charge in [-0.25, -0.2) is 4.98 Å². The van der Waals surface area contributed by atoms with Gasteiger partial charge in [0.2, 0.25) is 5.91 Å². The van der Waals surface area contributed by atoms with Gasteiger partial charge in [0.05, 0.1) is 12.1 Å². The molecule has 112 valence electrons. The van der Waals surface area contributed by atoms with E-state index in [-0.39, 0.29) is 5.91 Å². The number of aryl methyl sites for hydroxylation is 1. The Hall–Kier alpha value is -0.980. The zero-order valence-corrected chi connectivity index (χ0v) is 13.3. The first kappa shape index (κ1) is 15.4. The molecular weight excluding hydrogens is 272 g/mol. The number of carbonyl (C=O) groups is 1. The van der Waals surface area contributed by atoms with Gasteiger partial charge in [-0.3, -0.25) is 9.69 Å². The molecule has 1 aromatic rings. The molecule has 0 bridgehead atoms. The summed E-state index contributed by atoms with van der Waals surface area (Å²) in [5.74, 6) is 0.0765. The van der Waals surface area contributed by atoms with Gasteiger partial charge in [0.1, 0.15) is 5.01 Å². The maximum absolute atomic E-state index is 12.4. The summed E-state index contributed by atoms with van der Waals surface area (Å²) in [5.41, 5.74) is -0.465. The Balaban J connectivity index is 1.89. The van der Waals surface area contributed by atoms with E-state index in [0.717, 1.165) is 37.6 Å². The van der Waals surface area contributed by atoms with Crippen LogP contribution in [0.25, 0.3) is 0 Å². The predicted octanol–water partition coefficient (Wildman–Crippen LogP) is 1.01. The number of hydrogen-bond acceptors (Lipinski definition) is 5. The molecule has 0 atom stereocenters. The summed E-state index contributed by atoms with van der Waals surface area (Å²) in [7, 11) is 0. The Morgan fingerprint density at radius 1 is 1.50 bits per heavy atom. The lowest BCUT2D eigenvalue weighted by atomic mass is 10.0. The van der Waals surface area contributed by atoms with E-state index in [1.165, 1.54) is 4.88 Å². The number of nitrogens with one attached hydrogen (secondary N) is 2. The SMILES string of the molecule is CCc1cnc(CNC(=O)C(C)(C)N2CCNCC2)s1. The normalized spacial score (nSPS) is 17.1. The summed E-state index contributed by atoms with van der Waals surface area (Å²) in [6.07, 6.45) is 2.89. The van der Waals surface area contributed by atoms with Crippen molar-refractivity contribution < 1.29 is 4.79 Å². The van der Waals surface area contributed by atoms with Gasteiger partial charge >= 0.3 is 0 Å². The zero-order valence-electron chi connectivity index (χ0n) is 12.5. The average molecular weight is 296 g/mol. The van der Waals surface area contributed by atoms with E-state index in [0.29, 0.717) is 6.54 Å². The van der Waals surface area contributed by atoms with Crippen LogP contribution in [0.2, 0.25) is 0 Å². The number of thiazole rings is 1. The van der Waals surface area contributed by atoms with Crippen molar-refractivity contribution in [2.45, 2.75) is 39.3 Å². The fourth-order valence-electron chi connectivity index (χ4n) is 2.33. The molecule has 1 saturated heterocycles. The molecule has 0 aliphatic carbocycles. The molecule has 2 heterocycles. The van der Waals surface area contributed by atoms with Crippen LogP contribution in [0.5, 0.6) is 0 Å². The van der Waals surface area contributed by atoms with Gasteiger partial charge in [-0.2, -0.15) is 0 Å². The lowest BCUT2D eigenvalue weighted by Gasteiger charge is -2.39. The molecule has 2 rings (SSSR count). The molecule has 2 N–H and O–H groups in total. The van der Waals surface area contributed by atoms with Crippen LogP contribution in [0.3, 0.4) is 0 Å². The van der Waals surface area contributed by atoms with Crippen molar-refractivity contribution in [3.63, 3.8) is 0 Å². The molecule has 1 aliphatic rings. The Labute approximate surface area is 124 Å². The second-order valence-corrected chi connectivity index (χ2v) is 6.75. The first-order valence-corrected chi connectivity index (χ1v) is 8.03. The van der Waals surface area contributed by atoms with Crippen molar-refractivity contribution in [2.24, 2.45) is 0 Å². The van der Waals surface area contributed by atoms with Crippen LogP contribution in [-0.4, -0.2) is 47.5 Å². The number of hydrogen-bond donors (Lipinski definition) is 2. The van der Waals surface area contributed by atoms with Crippen LogP contribution < -0.4 is 10.6 Å². The van der Waals surface area contributed by atoms with Crippen molar-refractivity contribution >= 4 is 17.2 Å². The third kappa shape index (κ3) is 3.56. The number of nitrogens with zero attached hydrogens (tertiary/aromatic N) is 2. The van der Waals surface area contributed by atoms with Crippen molar-refractivity contribution in [1.82, 2.24) is 20.5 Å². The van der Waals surface area contributed by atoms with Crippen molar-refractivity contribution in [2.75, 3.05) is 26.2 Å². The number of carbonyl (C=O) groups excluding carboxylic acids is 1. The van der Waals surface area contributed by atoms with E-state index in [2.05, 4.69) is 27.4 Å². The molecule has 0 spiro atoms. The average Bonchev–Trinajstić information content (AvgIpc) is 2.93. The Morgan fingerprint density at radius 3 is 2.80 bits per heavy atom. The van der Waals surface area contributed by atoms with Crippen LogP contribution in [-0.2, 0) is 17.8 Å². The van der Waals surface area contributed by atoms with Crippen molar-refractivity contribution in [3.05, 3.63) is 16.1 Å². The smallest absolute Gasteiger partial charge is 0.240 e. The molecule has 1 aliphatic heterocycles. The minimum atomic E-state index is -0.465. The van der Waals surface area contributed by atoms with Crippen LogP contribution in [0.4, 0.5) is 0 Å². The van der Waals surface area contributed by atoms with Gasteiger partial charge in [-0.15, -0.1) is 11.3 Å². The van der Waals surface area contributed by atoms with Crippen LogP contribution in [0.15, 0.2) is 6.20 Å². The number of rotatable bonds is 5. The molecule has 20 heavy (non-hydrogen) atoms. The molecular formula is C14H24N4OS. The zero-order chi connectivity index (χ0) is 14.6. The van der Waals surface area contributed by atoms with Crippen molar-refractivity contribution in [1.29, 1.82) is 0 Å². The number of aromatic nitrogens is 1. The quantitative estimate of drug-likeness (QED) is 0.851. The summed E-state index contributed by atoms with van der Waals surface area (Å²) in [5, 5.41) is 7.31. The lowest BCUT2D eigenvalue weighted by Crippen LogP contribution is -2.59. The van der Waals surface area contributed by atoms with Gasteiger partial charge in [0, 0.05) is 37.3 Å². The maximum Gasteiger partial charge on any atom is 0.240 e. The molecule has 0 saturated carbocycles. The predicted molar refractivity (Wildman–Crippen MR) is 81.9 cm³/mol. The Kier molecular flexibility index (Phi) is 5.12. The highest BCUT2D eigenvalue weighted by Gasteiger charge is 2.34. The van der Waals surface area contributed by atoms with E-state index in [1.807, 2.05) is 20.0 Å². The van der Waals surface area contributed by atoms with Crippen LogP contribution >= 0.6 is 11.3 Å². The first-order chi connectivity index (χ1) is 9.54. The van der Waals surface area contributed by atoms with Gasteiger partial charge in [0.15, 0.2) is 0 Å². The van der Waals surface area contributed by atoms with Crippen LogP contribution in [0.1, 0.15) is 30.7 Å². The Morgan fingerprint density at radius 2 is 2.20 bits per heavy atom. The minimum Gasteiger partial charge on any atom is -0.348 e. The molecule has 0 aromatic carbocycles. The summed E-state index contributed by atoms with van der Waals surface area (Å²) in [6, 6.07) is 0. The fourth-order valence-corrected chi connectivity index (χ4v) is 3.14. The van der Waals surface area contributed by atoms with Crippen molar-refractivity contribution in [3.8, 4) is 0 Å². The molecule has 1 fully saturated rings. The van der Waals surface area contributed by atoms with E-state index in [1.54, 1.807) is 11.3 Å². The second-order valence-electron chi connectivity index (χ2n) is 5.55. The topological polar surface area (TPSA) is 57.3 Å². The monoisotopic (exact) mass is 296 g/mol. The van der Waals surface area contributed by atoms with Crippen LogP contribution in [0, 0.1) is 0 Å². The highest BCUT2D eigenvalue weighted by Crippen LogP contribution is 2.17. The number of amides is 1. The minimum absolute atomic E-state index is 0.0765. The highest BCUT2D eigenvalue weighted by molar-refractivity contribution is 7.11. The summed E-state index contributed by atoms with van der Waals surface area (Å²) < 4.78 is 0. The van der Waals surface area contributed by atoms with E-state index >= 15 is 0 Å². The summed E-state index contributed by atoms with van der Waals surface area (Å²) >= 11 is 1.67. The van der Waals surface area contributed by atoms with E-state index < -0.39 is 5.54 Å². The standard InChI is InChI=1S/C14H24N4OS/c1-4-11-9-16-12(20-11)10-17-13(19)14(2,3)18-7-5-15-6-8-18/h9,15H,4-8,10H2,1-3H3,(H,17,19). The fraction of sp³-hybridized carbons (Fsp3) is 0.714. The lowest BCUT2D eigenvalue weighted by molar-refractivity contribution is -0.132. The van der Waals surface area contributed by atoms with Gasteiger partial charge in [-0.05, 0) is 20.3 Å². The molecule has 1 aromatic heterocycles. The highest BCUT2D eigenvalue weighted by atomic mass is 32.1. The maximum atomic E-state index is 12.4. The van der Waals surface area contributed by atoms with E-state index in [9.17, 15) is 4.79 Å². The first-order valence-electron chi connectivity index (χ1n) is 7.21. The third-order valence-electron chi connectivity index (χ3n) is 3.81. The molecule has 1 amide bonds. The Bertz CT molecular complexity index is 452. The molecule has 5 nitrogen and oxygen atoms in total. The largest absolute Gasteiger partial charge is 0.348 e. The second kappa shape index (κ2) is 6.65. The third-order valence-corrected chi connectivity index (χ3v) is 4.95. The van der Waals surface area contributed by atoms with Gasteiger partial charge in [0.25, 0.3) is 0 Å². The van der Waals surface area contributed by atoms with Gasteiger partial charge in [-0.1, -0.05) is 6.92 Å². The van der Waals surface area contributed by atoms with E-state index in [4.69, 9.17) is 0 Å². The summed E-state index contributed by atoms with van der Waals surface area (Å²) in [6.45, 7) is 10.4. The summed E-state index contributed by atoms with van der Waals surface area (Å²) in [4.78, 5) is 20.2. The molecule has 6 heteroatoms.